The lowest BCUT2D eigenvalue weighted by Gasteiger charge is -2.16. The van der Waals surface area contributed by atoms with Crippen molar-refractivity contribution in [2.75, 3.05) is 25.0 Å². The van der Waals surface area contributed by atoms with Crippen LogP contribution in [0.15, 0.2) is 24.3 Å². The number of amides is 1. The number of carbonyl (C=O) groups is 1. The van der Waals surface area contributed by atoms with Crippen LogP contribution in [0.25, 0.3) is 0 Å². The van der Waals surface area contributed by atoms with Crippen molar-refractivity contribution in [1.82, 2.24) is 5.32 Å². The van der Waals surface area contributed by atoms with E-state index in [-0.39, 0.29) is 5.91 Å². The first-order valence-electron chi connectivity index (χ1n) is 5.36. The molecule has 80 valence electrons. The number of anilines is 1. The number of fused-ring (bicyclic) bond motifs is 1. The highest BCUT2D eigenvalue weighted by molar-refractivity contribution is 6.01. The van der Waals surface area contributed by atoms with Crippen molar-refractivity contribution in [1.29, 1.82) is 0 Å². The van der Waals surface area contributed by atoms with E-state index < -0.39 is 0 Å². The van der Waals surface area contributed by atoms with E-state index in [0.717, 1.165) is 30.8 Å². The van der Waals surface area contributed by atoms with Crippen molar-refractivity contribution in [2.45, 2.75) is 12.8 Å². The van der Waals surface area contributed by atoms with Crippen molar-refractivity contribution < 1.29 is 4.79 Å². The first-order valence-corrected chi connectivity index (χ1v) is 5.36. The highest BCUT2D eigenvalue weighted by Gasteiger charge is 2.25. The van der Waals surface area contributed by atoms with Gasteiger partial charge in [0.2, 0.25) is 5.91 Å². The fourth-order valence-electron chi connectivity index (χ4n) is 1.98. The summed E-state index contributed by atoms with van der Waals surface area (Å²) in [5.41, 5.74) is 2.26. The van der Waals surface area contributed by atoms with Crippen LogP contribution < -0.4 is 10.2 Å². The standard InChI is InChI=1S/C12H16N2O/c1-13-7-4-8-14-11-6-3-2-5-10(11)9-12(14)15/h2-3,5-6,13H,4,7-9H2,1H3. The third kappa shape index (κ3) is 2.02. The Morgan fingerprint density at radius 1 is 1.40 bits per heavy atom. The highest BCUT2D eigenvalue weighted by Crippen LogP contribution is 2.28. The van der Waals surface area contributed by atoms with Crippen molar-refractivity contribution in [3.63, 3.8) is 0 Å². The van der Waals surface area contributed by atoms with Crippen LogP contribution in [0.4, 0.5) is 5.69 Å². The van der Waals surface area contributed by atoms with Gasteiger partial charge in [0.25, 0.3) is 0 Å². The molecule has 0 aromatic heterocycles. The molecule has 0 fully saturated rings. The van der Waals surface area contributed by atoms with Crippen LogP contribution in [0.2, 0.25) is 0 Å². The van der Waals surface area contributed by atoms with Crippen LogP contribution in [0.1, 0.15) is 12.0 Å². The van der Waals surface area contributed by atoms with Crippen LogP contribution in [-0.2, 0) is 11.2 Å². The summed E-state index contributed by atoms with van der Waals surface area (Å²) in [4.78, 5) is 13.6. The van der Waals surface area contributed by atoms with Gasteiger partial charge in [-0.25, -0.2) is 0 Å². The molecule has 1 aliphatic rings. The van der Waals surface area contributed by atoms with E-state index in [0.29, 0.717) is 6.42 Å². The maximum atomic E-state index is 11.7. The van der Waals surface area contributed by atoms with Gasteiger partial charge in [-0.2, -0.15) is 0 Å². The number of nitrogens with one attached hydrogen (secondary N) is 1. The zero-order valence-electron chi connectivity index (χ0n) is 8.99. The van der Waals surface area contributed by atoms with Gasteiger partial charge in [-0.15, -0.1) is 0 Å². The Balaban J connectivity index is 2.08. The number of para-hydroxylation sites is 1. The average molecular weight is 204 g/mol. The summed E-state index contributed by atoms with van der Waals surface area (Å²) in [6.45, 7) is 1.77. The molecule has 0 saturated carbocycles. The molecule has 0 atom stereocenters. The van der Waals surface area contributed by atoms with Gasteiger partial charge in [0.1, 0.15) is 0 Å². The molecular formula is C12H16N2O. The first kappa shape index (κ1) is 10.2. The normalized spacial score (nSPS) is 14.5. The first-order chi connectivity index (χ1) is 7.33. The second kappa shape index (κ2) is 4.45. The maximum Gasteiger partial charge on any atom is 0.231 e. The third-order valence-electron chi connectivity index (χ3n) is 2.73. The van der Waals surface area contributed by atoms with Crippen LogP contribution in [-0.4, -0.2) is 26.0 Å². The molecule has 1 aromatic carbocycles. The Bertz CT molecular complexity index is 362. The molecule has 15 heavy (non-hydrogen) atoms. The number of carbonyl (C=O) groups excluding carboxylic acids is 1. The van der Waals surface area contributed by atoms with Crippen molar-refractivity contribution >= 4 is 11.6 Å². The Morgan fingerprint density at radius 2 is 2.20 bits per heavy atom. The van der Waals surface area contributed by atoms with Gasteiger partial charge >= 0.3 is 0 Å². The SMILES string of the molecule is CNCCCN1C(=O)Cc2ccccc21. The number of rotatable bonds is 4. The largest absolute Gasteiger partial charge is 0.320 e. The summed E-state index contributed by atoms with van der Waals surface area (Å²) < 4.78 is 0. The van der Waals surface area contributed by atoms with Gasteiger partial charge in [0, 0.05) is 12.2 Å². The van der Waals surface area contributed by atoms with E-state index in [1.165, 1.54) is 0 Å². The second-order valence-corrected chi connectivity index (χ2v) is 3.81. The Hall–Kier alpha value is -1.35. The van der Waals surface area contributed by atoms with Gasteiger partial charge in [-0.1, -0.05) is 18.2 Å². The summed E-state index contributed by atoms with van der Waals surface area (Å²) >= 11 is 0. The Kier molecular flexibility index (Phi) is 3.02. The van der Waals surface area contributed by atoms with Crippen LogP contribution in [0.5, 0.6) is 0 Å². The molecule has 0 bridgehead atoms. The minimum atomic E-state index is 0.229. The number of benzene rings is 1. The zero-order valence-corrected chi connectivity index (χ0v) is 8.99. The summed E-state index contributed by atoms with van der Waals surface area (Å²) in [7, 11) is 1.93. The average Bonchev–Trinajstić information content (AvgIpc) is 2.56. The molecule has 0 spiro atoms. The van der Waals surface area contributed by atoms with Gasteiger partial charge in [-0.3, -0.25) is 4.79 Å². The molecule has 3 heteroatoms. The number of nitrogens with zero attached hydrogens (tertiary/aromatic N) is 1. The monoisotopic (exact) mass is 204 g/mol. The molecular weight excluding hydrogens is 188 g/mol. The van der Waals surface area contributed by atoms with Gasteiger partial charge < -0.3 is 10.2 Å². The van der Waals surface area contributed by atoms with Crippen molar-refractivity contribution in [3.05, 3.63) is 29.8 Å². The Morgan fingerprint density at radius 3 is 3.00 bits per heavy atom. The third-order valence-corrected chi connectivity index (χ3v) is 2.73. The second-order valence-electron chi connectivity index (χ2n) is 3.81. The summed E-state index contributed by atoms with van der Waals surface area (Å²) in [6, 6.07) is 8.04. The van der Waals surface area contributed by atoms with Crippen molar-refractivity contribution in [2.24, 2.45) is 0 Å². The van der Waals surface area contributed by atoms with Crippen LogP contribution in [0, 0.1) is 0 Å². The van der Waals surface area contributed by atoms with Gasteiger partial charge in [0.05, 0.1) is 6.42 Å². The molecule has 0 radical (unpaired) electrons. The lowest BCUT2D eigenvalue weighted by Crippen LogP contribution is -2.29. The minimum absolute atomic E-state index is 0.229. The van der Waals surface area contributed by atoms with E-state index in [1.807, 2.05) is 36.2 Å². The molecule has 1 amide bonds. The predicted octanol–water partition coefficient (Wildman–Crippen LogP) is 1.19. The zero-order chi connectivity index (χ0) is 10.7. The van der Waals surface area contributed by atoms with E-state index in [4.69, 9.17) is 0 Å². The highest BCUT2D eigenvalue weighted by atomic mass is 16.2. The summed E-state index contributed by atoms with van der Waals surface area (Å²) in [5, 5.41) is 3.09. The van der Waals surface area contributed by atoms with Crippen molar-refractivity contribution in [3.8, 4) is 0 Å². The van der Waals surface area contributed by atoms with Crippen LogP contribution in [0.3, 0.4) is 0 Å². The quantitative estimate of drug-likeness (QED) is 0.747. The summed E-state index contributed by atoms with van der Waals surface area (Å²) in [6.07, 6.45) is 1.56. The molecule has 3 nitrogen and oxygen atoms in total. The smallest absolute Gasteiger partial charge is 0.231 e. The van der Waals surface area contributed by atoms with E-state index >= 15 is 0 Å². The van der Waals surface area contributed by atoms with E-state index in [9.17, 15) is 4.79 Å². The molecule has 1 heterocycles. The molecule has 0 aliphatic carbocycles. The maximum absolute atomic E-state index is 11.7. The number of hydrogen-bond acceptors (Lipinski definition) is 2. The summed E-state index contributed by atoms with van der Waals surface area (Å²) in [5.74, 6) is 0.229. The molecule has 1 aliphatic heterocycles. The van der Waals surface area contributed by atoms with E-state index in [1.54, 1.807) is 0 Å². The minimum Gasteiger partial charge on any atom is -0.320 e. The molecule has 1 N–H and O–H groups in total. The predicted molar refractivity (Wildman–Crippen MR) is 61.0 cm³/mol. The molecule has 0 saturated heterocycles. The fourth-order valence-corrected chi connectivity index (χ4v) is 1.98. The molecule has 2 rings (SSSR count). The lowest BCUT2D eigenvalue weighted by molar-refractivity contribution is -0.117. The topological polar surface area (TPSA) is 32.3 Å². The molecule has 1 aromatic rings. The van der Waals surface area contributed by atoms with Gasteiger partial charge in [0.15, 0.2) is 0 Å². The lowest BCUT2D eigenvalue weighted by atomic mass is 10.2. The van der Waals surface area contributed by atoms with Crippen LogP contribution >= 0.6 is 0 Å². The number of hydrogen-bond donors (Lipinski definition) is 1. The fraction of sp³-hybridized carbons (Fsp3) is 0.417. The van der Waals surface area contributed by atoms with E-state index in [2.05, 4.69) is 5.32 Å². The Labute approximate surface area is 90.1 Å². The molecule has 0 unspecified atom stereocenters. The van der Waals surface area contributed by atoms with Gasteiger partial charge in [-0.05, 0) is 31.6 Å².